The van der Waals surface area contributed by atoms with E-state index >= 15 is 0 Å². The summed E-state index contributed by atoms with van der Waals surface area (Å²) in [6, 6.07) is 20.5. The van der Waals surface area contributed by atoms with Gasteiger partial charge in [0.1, 0.15) is 22.6 Å². The molecule has 10 heteroatoms. The Balaban J connectivity index is 1.65. The topological polar surface area (TPSA) is 133 Å². The van der Waals surface area contributed by atoms with Crippen molar-refractivity contribution < 1.29 is 19.1 Å². The molecule has 0 amide bonds. The summed E-state index contributed by atoms with van der Waals surface area (Å²) in [7, 11) is 0. The first kappa shape index (κ1) is 22.7. The van der Waals surface area contributed by atoms with Crippen molar-refractivity contribution in [2.75, 3.05) is 12.3 Å². The van der Waals surface area contributed by atoms with Crippen molar-refractivity contribution in [2.24, 2.45) is 0 Å². The maximum Gasteiger partial charge on any atom is 0.378 e. The number of hydrogen-bond acceptors (Lipinski definition) is 9. The van der Waals surface area contributed by atoms with Crippen LogP contribution in [0.2, 0.25) is 0 Å². The lowest BCUT2D eigenvalue weighted by molar-refractivity contribution is 0.0441. The van der Waals surface area contributed by atoms with E-state index in [0.717, 1.165) is 22.6 Å². The standard InChI is InChI=1S/C24H19N5O4S/c1-2-32-23(30)19-18(17(13-25)20(26)34-19)14-33-24(31)21-27-22(15-9-5-3-6-10-15)29(28-21)16-11-7-4-8-12-16/h3-12H,2,14,26H2,1H3. The predicted molar refractivity (Wildman–Crippen MR) is 125 cm³/mol. The minimum atomic E-state index is -0.810. The zero-order valence-electron chi connectivity index (χ0n) is 18.1. The quantitative estimate of drug-likeness (QED) is 0.398. The van der Waals surface area contributed by atoms with E-state index in [0.29, 0.717) is 5.82 Å². The zero-order chi connectivity index (χ0) is 24.1. The molecule has 4 rings (SSSR count). The SMILES string of the molecule is CCOC(=O)c1sc(N)c(C#N)c1COC(=O)c1nc(-c2ccccc2)n(-c2ccccc2)n1. The third-order valence-corrected chi connectivity index (χ3v) is 5.82. The lowest BCUT2D eigenvalue weighted by atomic mass is 10.1. The molecule has 0 unspecified atom stereocenters. The van der Waals surface area contributed by atoms with E-state index in [-0.39, 0.29) is 40.0 Å². The summed E-state index contributed by atoms with van der Waals surface area (Å²) in [5.41, 5.74) is 7.63. The number of carbonyl (C=O) groups is 2. The number of carbonyl (C=O) groups excluding carboxylic acids is 2. The molecule has 4 aromatic rings. The molecule has 2 aromatic heterocycles. The zero-order valence-corrected chi connectivity index (χ0v) is 18.9. The number of nitrogens with two attached hydrogens (primary N) is 1. The Morgan fingerprint density at radius 1 is 1.06 bits per heavy atom. The van der Waals surface area contributed by atoms with Gasteiger partial charge in [-0.15, -0.1) is 16.4 Å². The van der Waals surface area contributed by atoms with Gasteiger partial charge in [0.15, 0.2) is 5.82 Å². The van der Waals surface area contributed by atoms with Gasteiger partial charge in [-0.1, -0.05) is 48.5 Å². The van der Waals surface area contributed by atoms with E-state index < -0.39 is 11.9 Å². The summed E-state index contributed by atoms with van der Waals surface area (Å²) in [5.74, 6) is -1.15. The molecule has 9 nitrogen and oxygen atoms in total. The molecule has 0 aliphatic carbocycles. The fourth-order valence-electron chi connectivity index (χ4n) is 3.23. The Hall–Kier alpha value is -4.49. The average Bonchev–Trinajstić information content (AvgIpc) is 3.45. The van der Waals surface area contributed by atoms with Gasteiger partial charge in [0.25, 0.3) is 5.82 Å². The first-order valence-electron chi connectivity index (χ1n) is 10.3. The fraction of sp³-hybridized carbons (Fsp3) is 0.125. The number of thiophene rings is 1. The predicted octanol–water partition coefficient (Wildman–Crippen LogP) is 3.98. The lowest BCUT2D eigenvalue weighted by Crippen LogP contribution is -2.11. The molecule has 2 heterocycles. The fourth-order valence-corrected chi connectivity index (χ4v) is 4.15. The molecule has 170 valence electrons. The number of esters is 2. The molecule has 0 spiro atoms. The van der Waals surface area contributed by atoms with Gasteiger partial charge in [-0.2, -0.15) is 5.26 Å². The van der Waals surface area contributed by atoms with Gasteiger partial charge >= 0.3 is 11.9 Å². The molecule has 0 saturated carbocycles. The molecule has 0 fully saturated rings. The Bertz CT molecular complexity index is 1320. The summed E-state index contributed by atoms with van der Waals surface area (Å²) in [6.45, 7) is 1.46. The molecule has 2 N–H and O–H groups in total. The number of ether oxygens (including phenoxy) is 2. The third-order valence-electron chi connectivity index (χ3n) is 4.78. The van der Waals surface area contributed by atoms with Crippen molar-refractivity contribution in [1.82, 2.24) is 14.8 Å². The second kappa shape index (κ2) is 9.97. The van der Waals surface area contributed by atoms with E-state index in [9.17, 15) is 14.9 Å². The maximum atomic E-state index is 12.9. The van der Waals surface area contributed by atoms with Crippen LogP contribution in [0.25, 0.3) is 17.1 Å². The van der Waals surface area contributed by atoms with Crippen molar-refractivity contribution in [3.8, 4) is 23.1 Å². The van der Waals surface area contributed by atoms with Crippen LogP contribution in [-0.4, -0.2) is 33.3 Å². The van der Waals surface area contributed by atoms with Crippen LogP contribution in [0.4, 0.5) is 5.00 Å². The second-order valence-corrected chi connectivity index (χ2v) is 7.98. The van der Waals surface area contributed by atoms with Crippen molar-refractivity contribution in [3.63, 3.8) is 0 Å². The Morgan fingerprint density at radius 3 is 2.38 bits per heavy atom. The van der Waals surface area contributed by atoms with Crippen LogP contribution in [0.1, 0.15) is 38.3 Å². The highest BCUT2D eigenvalue weighted by Crippen LogP contribution is 2.32. The summed E-state index contributed by atoms with van der Waals surface area (Å²) in [4.78, 5) is 29.7. The van der Waals surface area contributed by atoms with Gasteiger partial charge in [-0.3, -0.25) is 0 Å². The maximum absolute atomic E-state index is 12.9. The Morgan fingerprint density at radius 2 is 1.74 bits per heavy atom. The first-order chi connectivity index (χ1) is 16.5. The molecule has 0 atom stereocenters. The molecule has 2 aromatic carbocycles. The molecule has 0 aliphatic heterocycles. The number of nitriles is 1. The smallest absolute Gasteiger partial charge is 0.378 e. The van der Waals surface area contributed by atoms with E-state index in [1.54, 1.807) is 11.6 Å². The highest BCUT2D eigenvalue weighted by molar-refractivity contribution is 7.18. The van der Waals surface area contributed by atoms with Crippen molar-refractivity contribution in [3.05, 3.63) is 82.5 Å². The minimum absolute atomic E-state index is 0.0774. The number of hydrogen-bond donors (Lipinski definition) is 1. The van der Waals surface area contributed by atoms with Gasteiger partial charge < -0.3 is 15.2 Å². The van der Waals surface area contributed by atoms with Crippen LogP contribution in [0.5, 0.6) is 0 Å². The highest BCUT2D eigenvalue weighted by Gasteiger charge is 2.25. The highest BCUT2D eigenvalue weighted by atomic mass is 32.1. The molecule has 0 saturated heterocycles. The van der Waals surface area contributed by atoms with Crippen LogP contribution in [-0.2, 0) is 16.1 Å². The summed E-state index contributed by atoms with van der Waals surface area (Å²) >= 11 is 0.916. The van der Waals surface area contributed by atoms with Gasteiger partial charge in [0.2, 0.25) is 0 Å². The Kier molecular flexibility index (Phi) is 6.66. The van der Waals surface area contributed by atoms with E-state index in [1.165, 1.54) is 0 Å². The van der Waals surface area contributed by atoms with E-state index in [1.807, 2.05) is 66.7 Å². The number of para-hydroxylation sites is 1. The molecule has 0 radical (unpaired) electrons. The van der Waals surface area contributed by atoms with Gasteiger partial charge in [-0.25, -0.2) is 19.3 Å². The van der Waals surface area contributed by atoms with E-state index in [2.05, 4.69) is 10.1 Å². The molecule has 0 aliphatic rings. The van der Waals surface area contributed by atoms with Crippen LogP contribution >= 0.6 is 11.3 Å². The van der Waals surface area contributed by atoms with Gasteiger partial charge in [0.05, 0.1) is 17.9 Å². The Labute approximate surface area is 199 Å². The minimum Gasteiger partial charge on any atom is -0.462 e. The number of benzene rings is 2. The van der Waals surface area contributed by atoms with Gasteiger partial charge in [-0.05, 0) is 19.1 Å². The van der Waals surface area contributed by atoms with Crippen LogP contribution in [0, 0.1) is 11.3 Å². The molecule has 0 bridgehead atoms. The first-order valence-corrected chi connectivity index (χ1v) is 11.1. The molecule has 34 heavy (non-hydrogen) atoms. The summed E-state index contributed by atoms with van der Waals surface area (Å²) in [6.07, 6.45) is 0. The molecular weight excluding hydrogens is 454 g/mol. The van der Waals surface area contributed by atoms with Crippen LogP contribution in [0.15, 0.2) is 60.7 Å². The van der Waals surface area contributed by atoms with Crippen molar-refractivity contribution >= 4 is 28.3 Å². The average molecular weight is 474 g/mol. The number of rotatable bonds is 7. The number of aromatic nitrogens is 3. The summed E-state index contributed by atoms with van der Waals surface area (Å²) in [5, 5.41) is 14.0. The van der Waals surface area contributed by atoms with E-state index in [4.69, 9.17) is 15.2 Å². The number of nitrogen functional groups attached to an aromatic ring is 1. The van der Waals surface area contributed by atoms with Crippen molar-refractivity contribution in [1.29, 1.82) is 5.26 Å². The largest absolute Gasteiger partial charge is 0.462 e. The second-order valence-electron chi connectivity index (χ2n) is 6.93. The van der Waals surface area contributed by atoms with Crippen molar-refractivity contribution in [2.45, 2.75) is 13.5 Å². The summed E-state index contributed by atoms with van der Waals surface area (Å²) < 4.78 is 12.0. The molecular formula is C24H19N5O4S. The van der Waals surface area contributed by atoms with Crippen LogP contribution < -0.4 is 5.73 Å². The monoisotopic (exact) mass is 473 g/mol. The number of anilines is 1. The normalized spacial score (nSPS) is 10.5. The number of nitrogens with zero attached hydrogens (tertiary/aromatic N) is 4. The van der Waals surface area contributed by atoms with Gasteiger partial charge in [0, 0.05) is 11.1 Å². The van der Waals surface area contributed by atoms with Crippen LogP contribution in [0.3, 0.4) is 0 Å². The lowest BCUT2D eigenvalue weighted by Gasteiger charge is -2.05. The third kappa shape index (κ3) is 4.51.